The lowest BCUT2D eigenvalue weighted by molar-refractivity contribution is 0.153. The Kier molecular flexibility index (Phi) is 4.81. The molecule has 0 spiro atoms. The average Bonchev–Trinajstić information content (AvgIpc) is 2.96. The number of hydrogen-bond acceptors (Lipinski definition) is 4. The van der Waals surface area contributed by atoms with Gasteiger partial charge in [-0.3, -0.25) is 4.90 Å². The van der Waals surface area contributed by atoms with Crippen LogP contribution in [-0.2, 0) is 6.54 Å². The van der Waals surface area contributed by atoms with Gasteiger partial charge in [0.05, 0.1) is 5.69 Å². The summed E-state index contributed by atoms with van der Waals surface area (Å²) in [5.74, 6) is 1.20. The Hall–Kier alpha value is -1.36. The molecule has 1 saturated heterocycles. The van der Waals surface area contributed by atoms with Gasteiger partial charge in [-0.05, 0) is 50.4 Å². The highest BCUT2D eigenvalue weighted by Gasteiger charge is 2.23. The van der Waals surface area contributed by atoms with Gasteiger partial charge in [0.2, 0.25) is 5.89 Å². The molecule has 1 aliphatic rings. The van der Waals surface area contributed by atoms with Crippen molar-refractivity contribution in [3.63, 3.8) is 0 Å². The Morgan fingerprint density at radius 3 is 3.14 bits per heavy atom. The number of aromatic nitrogens is 1. The number of benzene rings is 1. The molecule has 2 unspecified atom stereocenters. The van der Waals surface area contributed by atoms with Crippen LogP contribution in [0.1, 0.15) is 25.5 Å². The first-order valence-corrected chi connectivity index (χ1v) is 8.18. The summed E-state index contributed by atoms with van der Waals surface area (Å²) in [6.45, 7) is 5.05. The minimum atomic E-state index is 0.252. The molecular formula is C17H22ClN3O. The molecule has 3 rings (SSSR count). The van der Waals surface area contributed by atoms with Crippen molar-refractivity contribution in [3.8, 4) is 11.5 Å². The average molecular weight is 320 g/mol. The maximum atomic E-state index is 6.04. The molecule has 2 N–H and O–H groups in total. The van der Waals surface area contributed by atoms with E-state index in [2.05, 4.69) is 16.8 Å². The molecule has 2 aromatic rings. The quantitative estimate of drug-likeness (QED) is 0.936. The lowest BCUT2D eigenvalue weighted by Crippen LogP contribution is -2.41. The van der Waals surface area contributed by atoms with Gasteiger partial charge >= 0.3 is 0 Å². The highest BCUT2D eigenvalue weighted by molar-refractivity contribution is 6.30. The molecule has 5 heteroatoms. The number of nitrogens with zero attached hydrogens (tertiary/aromatic N) is 2. The van der Waals surface area contributed by atoms with Crippen molar-refractivity contribution in [2.45, 2.75) is 32.4 Å². The van der Waals surface area contributed by atoms with Crippen LogP contribution in [0.25, 0.3) is 11.5 Å². The molecule has 1 aromatic carbocycles. The van der Waals surface area contributed by atoms with Crippen LogP contribution >= 0.6 is 11.6 Å². The molecule has 4 nitrogen and oxygen atoms in total. The van der Waals surface area contributed by atoms with Gasteiger partial charge in [-0.15, -0.1) is 0 Å². The first kappa shape index (κ1) is 15.5. The highest BCUT2D eigenvalue weighted by Crippen LogP contribution is 2.24. The first-order chi connectivity index (χ1) is 10.6. The lowest BCUT2D eigenvalue weighted by atomic mass is 9.92. The number of rotatable bonds is 4. The van der Waals surface area contributed by atoms with E-state index in [1.54, 1.807) is 6.26 Å². The third kappa shape index (κ3) is 3.69. The smallest absolute Gasteiger partial charge is 0.226 e. The van der Waals surface area contributed by atoms with Crippen LogP contribution in [0, 0.1) is 5.92 Å². The monoisotopic (exact) mass is 319 g/mol. The van der Waals surface area contributed by atoms with Crippen molar-refractivity contribution in [2.75, 3.05) is 13.1 Å². The van der Waals surface area contributed by atoms with Gasteiger partial charge in [-0.2, -0.15) is 0 Å². The molecule has 1 aliphatic heterocycles. The number of likely N-dealkylation sites (tertiary alicyclic amines) is 1. The zero-order valence-corrected chi connectivity index (χ0v) is 13.6. The van der Waals surface area contributed by atoms with Gasteiger partial charge in [0.25, 0.3) is 0 Å². The van der Waals surface area contributed by atoms with Crippen molar-refractivity contribution < 1.29 is 4.42 Å². The summed E-state index contributed by atoms with van der Waals surface area (Å²) in [6, 6.07) is 7.82. The van der Waals surface area contributed by atoms with Gasteiger partial charge in [-0.1, -0.05) is 17.7 Å². The van der Waals surface area contributed by atoms with Crippen LogP contribution in [0.4, 0.5) is 0 Å². The number of halogens is 1. The lowest BCUT2D eigenvalue weighted by Gasteiger charge is -2.34. The van der Waals surface area contributed by atoms with Crippen molar-refractivity contribution in [2.24, 2.45) is 11.7 Å². The normalized spacial score (nSPS) is 21.0. The van der Waals surface area contributed by atoms with E-state index in [0.717, 1.165) is 30.9 Å². The predicted molar refractivity (Wildman–Crippen MR) is 88.6 cm³/mol. The number of oxazole rings is 1. The van der Waals surface area contributed by atoms with Crippen LogP contribution in [0.3, 0.4) is 0 Å². The Balaban J connectivity index is 1.67. The third-order valence-corrected chi connectivity index (χ3v) is 4.53. The molecule has 0 amide bonds. The summed E-state index contributed by atoms with van der Waals surface area (Å²) < 4.78 is 5.60. The van der Waals surface area contributed by atoms with Crippen LogP contribution in [0.5, 0.6) is 0 Å². The number of hydrogen-bond donors (Lipinski definition) is 1. The number of piperidine rings is 1. The molecule has 2 atom stereocenters. The summed E-state index contributed by atoms with van der Waals surface area (Å²) in [7, 11) is 0. The third-order valence-electron chi connectivity index (χ3n) is 4.29. The molecule has 118 valence electrons. The molecule has 0 aliphatic carbocycles. The van der Waals surface area contributed by atoms with E-state index >= 15 is 0 Å². The summed E-state index contributed by atoms with van der Waals surface area (Å²) in [5.41, 5.74) is 7.91. The Labute approximate surface area is 136 Å². The molecule has 0 saturated carbocycles. The zero-order chi connectivity index (χ0) is 15.5. The van der Waals surface area contributed by atoms with Crippen molar-refractivity contribution in [1.29, 1.82) is 0 Å². The fourth-order valence-electron chi connectivity index (χ4n) is 3.03. The van der Waals surface area contributed by atoms with Gasteiger partial charge in [0, 0.05) is 29.7 Å². The summed E-state index contributed by atoms with van der Waals surface area (Å²) in [6.07, 6.45) is 4.16. The van der Waals surface area contributed by atoms with Gasteiger partial charge in [-0.25, -0.2) is 4.98 Å². The van der Waals surface area contributed by atoms with Crippen LogP contribution in [0.15, 0.2) is 34.9 Å². The molecule has 22 heavy (non-hydrogen) atoms. The fourth-order valence-corrected chi connectivity index (χ4v) is 3.22. The topological polar surface area (TPSA) is 55.3 Å². The molecule has 1 aromatic heterocycles. The predicted octanol–water partition coefficient (Wildman–Crippen LogP) is 3.55. The van der Waals surface area contributed by atoms with Crippen LogP contribution in [0.2, 0.25) is 5.02 Å². The maximum absolute atomic E-state index is 6.04. The molecule has 0 radical (unpaired) electrons. The SMILES string of the molecule is CC(N)C1CCCN(Cc2coc(-c3cccc(Cl)c3)n2)C1. The van der Waals surface area contributed by atoms with E-state index < -0.39 is 0 Å². The second-order valence-corrected chi connectivity index (χ2v) is 6.59. The molecule has 1 fully saturated rings. The second kappa shape index (κ2) is 6.82. The Morgan fingerprint density at radius 2 is 2.36 bits per heavy atom. The van der Waals surface area contributed by atoms with Crippen molar-refractivity contribution in [3.05, 3.63) is 41.2 Å². The minimum Gasteiger partial charge on any atom is -0.444 e. The highest BCUT2D eigenvalue weighted by atomic mass is 35.5. The molecule has 2 heterocycles. The van der Waals surface area contributed by atoms with E-state index in [1.165, 1.54) is 12.8 Å². The maximum Gasteiger partial charge on any atom is 0.226 e. The summed E-state index contributed by atoms with van der Waals surface area (Å²) in [4.78, 5) is 7.00. The van der Waals surface area contributed by atoms with E-state index in [0.29, 0.717) is 16.8 Å². The van der Waals surface area contributed by atoms with E-state index in [-0.39, 0.29) is 6.04 Å². The molecule has 0 bridgehead atoms. The zero-order valence-electron chi connectivity index (χ0n) is 12.8. The minimum absolute atomic E-state index is 0.252. The van der Waals surface area contributed by atoms with Gasteiger partial charge in [0.15, 0.2) is 0 Å². The largest absolute Gasteiger partial charge is 0.444 e. The van der Waals surface area contributed by atoms with Crippen LogP contribution < -0.4 is 5.73 Å². The second-order valence-electron chi connectivity index (χ2n) is 6.15. The van der Waals surface area contributed by atoms with Gasteiger partial charge < -0.3 is 10.2 Å². The summed E-state index contributed by atoms with van der Waals surface area (Å²) in [5, 5.41) is 0.688. The fraction of sp³-hybridized carbons (Fsp3) is 0.471. The Bertz CT molecular complexity index is 626. The summed E-state index contributed by atoms with van der Waals surface area (Å²) >= 11 is 6.01. The molecular weight excluding hydrogens is 298 g/mol. The van der Waals surface area contributed by atoms with Gasteiger partial charge in [0.1, 0.15) is 6.26 Å². The van der Waals surface area contributed by atoms with Crippen LogP contribution in [-0.4, -0.2) is 29.0 Å². The Morgan fingerprint density at radius 1 is 1.50 bits per heavy atom. The van der Waals surface area contributed by atoms with Crippen molar-refractivity contribution in [1.82, 2.24) is 9.88 Å². The van der Waals surface area contributed by atoms with E-state index in [9.17, 15) is 0 Å². The van der Waals surface area contributed by atoms with E-state index in [1.807, 2.05) is 24.3 Å². The van der Waals surface area contributed by atoms with Crippen molar-refractivity contribution >= 4 is 11.6 Å². The number of nitrogens with two attached hydrogens (primary N) is 1. The standard InChI is InChI=1S/C17H22ClN3O/c1-12(19)14-5-3-7-21(9-14)10-16-11-22-17(20-16)13-4-2-6-15(18)8-13/h2,4,6,8,11-12,14H,3,5,7,9-10,19H2,1H3. The first-order valence-electron chi connectivity index (χ1n) is 7.80. The van der Waals surface area contributed by atoms with E-state index in [4.69, 9.17) is 21.8 Å².